The average molecular weight is 332 g/mol. The van der Waals surface area contributed by atoms with Crippen LogP contribution in [0.4, 0.5) is 10.5 Å². The van der Waals surface area contributed by atoms with Gasteiger partial charge in [0.2, 0.25) is 5.91 Å². The highest BCUT2D eigenvalue weighted by Gasteiger charge is 2.07. The Balaban J connectivity index is 1.76. The second kappa shape index (κ2) is 7.31. The van der Waals surface area contributed by atoms with Gasteiger partial charge in [-0.05, 0) is 47.5 Å². The fourth-order valence-corrected chi connectivity index (χ4v) is 2.37. The van der Waals surface area contributed by atoms with E-state index in [1.165, 1.54) is 0 Å². The van der Waals surface area contributed by atoms with Gasteiger partial charge in [-0.2, -0.15) is 0 Å². The van der Waals surface area contributed by atoms with Crippen LogP contribution in [-0.2, 0) is 0 Å². The Hall–Kier alpha value is -3.60. The number of primary amides is 1. The van der Waals surface area contributed by atoms with Crippen LogP contribution in [-0.4, -0.2) is 12.0 Å². The second-order valence-electron chi connectivity index (χ2n) is 5.35. The van der Waals surface area contributed by atoms with E-state index in [1.807, 2.05) is 24.3 Å². The molecule has 0 spiro atoms. The lowest BCUT2D eigenvalue weighted by molar-refractivity contribution is 0.100. The van der Waals surface area contributed by atoms with Crippen LogP contribution in [0.2, 0.25) is 0 Å². The molecule has 0 aliphatic carbocycles. The van der Waals surface area contributed by atoms with Crippen molar-refractivity contribution in [3.05, 3.63) is 84.4 Å². The molecule has 25 heavy (non-hydrogen) atoms. The van der Waals surface area contributed by atoms with E-state index in [0.29, 0.717) is 17.0 Å². The third-order valence-electron chi connectivity index (χ3n) is 3.54. The SMILES string of the molecule is NC(=O)c1cccc(-c2cccc(NC(=O)Oc3ccccc3)c2)c1. The van der Waals surface area contributed by atoms with Gasteiger partial charge in [0.15, 0.2) is 0 Å². The molecule has 5 heteroatoms. The fourth-order valence-electron chi connectivity index (χ4n) is 2.37. The summed E-state index contributed by atoms with van der Waals surface area (Å²) in [6.45, 7) is 0. The highest BCUT2D eigenvalue weighted by molar-refractivity contribution is 5.94. The summed E-state index contributed by atoms with van der Waals surface area (Å²) in [7, 11) is 0. The van der Waals surface area contributed by atoms with Crippen molar-refractivity contribution in [1.29, 1.82) is 0 Å². The smallest absolute Gasteiger partial charge is 0.410 e. The van der Waals surface area contributed by atoms with Crippen molar-refractivity contribution >= 4 is 17.7 Å². The number of para-hydroxylation sites is 1. The number of amides is 2. The van der Waals surface area contributed by atoms with Gasteiger partial charge >= 0.3 is 6.09 Å². The highest BCUT2D eigenvalue weighted by Crippen LogP contribution is 2.24. The van der Waals surface area contributed by atoms with Crippen molar-refractivity contribution < 1.29 is 14.3 Å². The maximum atomic E-state index is 12.0. The summed E-state index contributed by atoms with van der Waals surface area (Å²) in [6, 6.07) is 23.1. The normalized spacial score (nSPS) is 10.1. The van der Waals surface area contributed by atoms with Crippen molar-refractivity contribution in [1.82, 2.24) is 0 Å². The second-order valence-corrected chi connectivity index (χ2v) is 5.35. The minimum atomic E-state index is -0.575. The predicted octanol–water partition coefficient (Wildman–Crippen LogP) is 4.06. The standard InChI is InChI=1S/C20H16N2O3/c21-19(23)16-8-4-6-14(12-16)15-7-5-9-17(13-15)22-20(24)25-18-10-2-1-3-11-18/h1-13H,(H2,21,23)(H,22,24). The first-order valence-corrected chi connectivity index (χ1v) is 7.66. The molecule has 0 aliphatic heterocycles. The molecule has 0 heterocycles. The Kier molecular flexibility index (Phi) is 4.76. The van der Waals surface area contributed by atoms with Gasteiger partial charge in [-0.25, -0.2) is 4.79 Å². The number of carbonyl (C=O) groups is 2. The molecule has 0 saturated heterocycles. The molecule has 5 nitrogen and oxygen atoms in total. The van der Waals surface area contributed by atoms with Crippen LogP contribution in [0, 0.1) is 0 Å². The average Bonchev–Trinajstić information content (AvgIpc) is 2.63. The minimum absolute atomic E-state index is 0.430. The van der Waals surface area contributed by atoms with E-state index in [9.17, 15) is 9.59 Å². The maximum Gasteiger partial charge on any atom is 0.417 e. The molecule has 0 saturated carbocycles. The fraction of sp³-hybridized carbons (Fsp3) is 0. The van der Waals surface area contributed by atoms with E-state index >= 15 is 0 Å². The number of ether oxygens (including phenoxy) is 1. The van der Waals surface area contributed by atoms with Crippen LogP contribution in [0.5, 0.6) is 5.75 Å². The highest BCUT2D eigenvalue weighted by atomic mass is 16.6. The zero-order chi connectivity index (χ0) is 17.6. The summed E-state index contributed by atoms with van der Waals surface area (Å²) in [5, 5.41) is 2.69. The van der Waals surface area contributed by atoms with Gasteiger partial charge in [-0.15, -0.1) is 0 Å². The summed E-state index contributed by atoms with van der Waals surface area (Å²) in [4.78, 5) is 23.3. The molecular weight excluding hydrogens is 316 g/mol. The molecule has 0 atom stereocenters. The Bertz CT molecular complexity index is 908. The first-order chi connectivity index (χ1) is 12.1. The van der Waals surface area contributed by atoms with Gasteiger partial charge in [0.1, 0.15) is 5.75 Å². The lowest BCUT2D eigenvalue weighted by Gasteiger charge is -2.09. The number of carbonyl (C=O) groups excluding carboxylic acids is 2. The molecule has 0 radical (unpaired) electrons. The lowest BCUT2D eigenvalue weighted by atomic mass is 10.0. The van der Waals surface area contributed by atoms with Gasteiger partial charge in [0, 0.05) is 11.3 Å². The van der Waals surface area contributed by atoms with Crippen LogP contribution in [0.15, 0.2) is 78.9 Å². The molecule has 3 aromatic rings. The van der Waals surface area contributed by atoms with E-state index in [1.54, 1.807) is 54.6 Å². The van der Waals surface area contributed by atoms with Crippen LogP contribution in [0.25, 0.3) is 11.1 Å². The number of benzene rings is 3. The largest absolute Gasteiger partial charge is 0.417 e. The maximum absolute atomic E-state index is 12.0. The van der Waals surface area contributed by atoms with Crippen molar-refractivity contribution in [2.45, 2.75) is 0 Å². The predicted molar refractivity (Wildman–Crippen MR) is 96.5 cm³/mol. The van der Waals surface area contributed by atoms with Crippen molar-refractivity contribution in [3.63, 3.8) is 0 Å². The van der Waals surface area contributed by atoms with E-state index in [4.69, 9.17) is 10.5 Å². The quantitative estimate of drug-likeness (QED) is 0.756. The molecule has 3 aromatic carbocycles. The first kappa shape index (κ1) is 16.3. The monoisotopic (exact) mass is 332 g/mol. The molecule has 3 N–H and O–H groups in total. The van der Waals surface area contributed by atoms with Gasteiger partial charge in [-0.1, -0.05) is 42.5 Å². The van der Waals surface area contributed by atoms with Crippen molar-refractivity contribution in [2.75, 3.05) is 5.32 Å². The number of hydrogen-bond acceptors (Lipinski definition) is 3. The molecule has 0 unspecified atom stereocenters. The Morgan fingerprint density at radius 3 is 2.20 bits per heavy atom. The number of rotatable bonds is 4. The Morgan fingerprint density at radius 1 is 0.800 bits per heavy atom. The summed E-state index contributed by atoms with van der Waals surface area (Å²) in [5.41, 5.74) is 8.01. The molecule has 0 bridgehead atoms. The number of anilines is 1. The molecule has 3 rings (SSSR count). The molecule has 124 valence electrons. The van der Waals surface area contributed by atoms with E-state index in [0.717, 1.165) is 11.1 Å². The van der Waals surface area contributed by atoms with E-state index in [2.05, 4.69) is 5.32 Å². The minimum Gasteiger partial charge on any atom is -0.410 e. The summed E-state index contributed by atoms with van der Waals surface area (Å²) in [5.74, 6) is -0.0205. The van der Waals surface area contributed by atoms with Crippen LogP contribution < -0.4 is 15.8 Å². The third kappa shape index (κ3) is 4.23. The topological polar surface area (TPSA) is 81.4 Å². The van der Waals surface area contributed by atoms with Crippen LogP contribution in [0.1, 0.15) is 10.4 Å². The van der Waals surface area contributed by atoms with Crippen molar-refractivity contribution in [2.24, 2.45) is 5.73 Å². The summed E-state index contributed by atoms with van der Waals surface area (Å²) >= 11 is 0. The first-order valence-electron chi connectivity index (χ1n) is 7.66. The van der Waals surface area contributed by atoms with Crippen LogP contribution in [0.3, 0.4) is 0 Å². The zero-order valence-electron chi connectivity index (χ0n) is 13.3. The lowest BCUT2D eigenvalue weighted by Crippen LogP contribution is -2.16. The molecule has 0 aromatic heterocycles. The number of nitrogens with two attached hydrogens (primary N) is 1. The van der Waals surface area contributed by atoms with Gasteiger partial charge in [0.05, 0.1) is 0 Å². The number of nitrogens with one attached hydrogen (secondary N) is 1. The Morgan fingerprint density at radius 2 is 1.48 bits per heavy atom. The van der Waals surface area contributed by atoms with Crippen molar-refractivity contribution in [3.8, 4) is 16.9 Å². The number of hydrogen-bond donors (Lipinski definition) is 2. The van der Waals surface area contributed by atoms with Gasteiger partial charge in [0.25, 0.3) is 0 Å². The summed E-state index contributed by atoms with van der Waals surface area (Å²) in [6.07, 6.45) is -0.575. The van der Waals surface area contributed by atoms with Gasteiger partial charge in [-0.3, -0.25) is 10.1 Å². The zero-order valence-corrected chi connectivity index (χ0v) is 13.3. The van der Waals surface area contributed by atoms with E-state index < -0.39 is 12.0 Å². The molecular formula is C20H16N2O3. The molecule has 0 fully saturated rings. The molecule has 0 aliphatic rings. The molecule has 2 amide bonds. The van der Waals surface area contributed by atoms with Gasteiger partial charge < -0.3 is 10.5 Å². The third-order valence-corrected chi connectivity index (χ3v) is 3.54. The van der Waals surface area contributed by atoms with Crippen LogP contribution >= 0.6 is 0 Å². The van der Waals surface area contributed by atoms with E-state index in [-0.39, 0.29) is 0 Å². The Labute approximate surface area is 145 Å². The summed E-state index contributed by atoms with van der Waals surface area (Å²) < 4.78 is 5.20.